The first-order chi connectivity index (χ1) is 10.7. The number of para-hydroxylation sites is 1. The molecule has 0 fully saturated rings. The number of amides is 1. The minimum Gasteiger partial charge on any atom is -0.361 e. The van der Waals surface area contributed by atoms with Gasteiger partial charge in [0, 0.05) is 36.4 Å². The number of fused-ring (bicyclic) bond motifs is 1. The number of rotatable bonds is 5. The highest BCUT2D eigenvalue weighted by Gasteiger charge is 2.14. The summed E-state index contributed by atoms with van der Waals surface area (Å²) < 4.78 is 1.65. The van der Waals surface area contributed by atoms with Crippen molar-refractivity contribution in [1.29, 1.82) is 0 Å². The third kappa shape index (κ3) is 2.85. The van der Waals surface area contributed by atoms with E-state index >= 15 is 0 Å². The molecule has 0 bridgehead atoms. The van der Waals surface area contributed by atoms with Crippen LogP contribution in [0, 0.1) is 0 Å². The number of carbonyl (C=O) groups excluding carboxylic acids is 1. The lowest BCUT2D eigenvalue weighted by atomic mass is 10.1. The van der Waals surface area contributed by atoms with Crippen LogP contribution in [0.2, 0.25) is 5.02 Å². The summed E-state index contributed by atoms with van der Waals surface area (Å²) in [7, 11) is 0. The zero-order valence-corrected chi connectivity index (χ0v) is 13.0. The van der Waals surface area contributed by atoms with Crippen molar-refractivity contribution < 1.29 is 4.79 Å². The summed E-state index contributed by atoms with van der Waals surface area (Å²) in [6, 6.07) is 8.11. The minimum atomic E-state index is -0.239. The third-order valence-corrected chi connectivity index (χ3v) is 3.89. The number of aromatic nitrogens is 3. The number of aryl methyl sites for hydroxylation is 1. The fourth-order valence-electron chi connectivity index (χ4n) is 2.45. The van der Waals surface area contributed by atoms with Crippen molar-refractivity contribution in [3.05, 3.63) is 52.9 Å². The summed E-state index contributed by atoms with van der Waals surface area (Å²) in [5.41, 5.74) is 2.57. The lowest BCUT2D eigenvalue weighted by molar-refractivity contribution is 0.0948. The second-order valence-corrected chi connectivity index (χ2v) is 5.45. The van der Waals surface area contributed by atoms with Gasteiger partial charge in [0.2, 0.25) is 0 Å². The molecule has 0 aliphatic carbocycles. The molecule has 0 radical (unpaired) electrons. The maximum absolute atomic E-state index is 12.1. The predicted octanol–water partition coefficient (Wildman–Crippen LogP) is 3.01. The topological polar surface area (TPSA) is 62.7 Å². The molecule has 0 spiro atoms. The molecule has 6 heteroatoms. The van der Waals surface area contributed by atoms with Gasteiger partial charge in [-0.05, 0) is 25.0 Å². The summed E-state index contributed by atoms with van der Waals surface area (Å²) in [4.78, 5) is 15.3. The molecule has 0 atom stereocenters. The maximum atomic E-state index is 12.1. The molecule has 0 unspecified atom stereocenters. The van der Waals surface area contributed by atoms with Crippen LogP contribution in [0.5, 0.6) is 0 Å². The van der Waals surface area contributed by atoms with E-state index in [1.165, 1.54) is 10.9 Å². The van der Waals surface area contributed by atoms with Gasteiger partial charge in [-0.1, -0.05) is 29.8 Å². The van der Waals surface area contributed by atoms with Gasteiger partial charge in [-0.3, -0.25) is 9.48 Å². The maximum Gasteiger partial charge on any atom is 0.273 e. The Hall–Kier alpha value is -2.27. The largest absolute Gasteiger partial charge is 0.361 e. The van der Waals surface area contributed by atoms with E-state index in [1.807, 2.05) is 31.3 Å². The summed E-state index contributed by atoms with van der Waals surface area (Å²) in [6.45, 7) is 3.17. The number of halogens is 1. The van der Waals surface area contributed by atoms with Crippen LogP contribution in [0.3, 0.4) is 0 Å². The molecule has 3 rings (SSSR count). The van der Waals surface area contributed by atoms with Crippen molar-refractivity contribution in [3.63, 3.8) is 0 Å². The van der Waals surface area contributed by atoms with E-state index in [2.05, 4.69) is 21.5 Å². The van der Waals surface area contributed by atoms with E-state index in [4.69, 9.17) is 11.6 Å². The second kappa shape index (κ2) is 6.23. The highest BCUT2D eigenvalue weighted by molar-refractivity contribution is 6.33. The molecule has 3 aromatic rings. The van der Waals surface area contributed by atoms with Gasteiger partial charge in [0.05, 0.1) is 5.02 Å². The number of H-pyrrole nitrogens is 1. The molecule has 2 N–H and O–H groups in total. The lowest BCUT2D eigenvalue weighted by Gasteiger charge is -2.03. The number of nitrogens with zero attached hydrogens (tertiary/aromatic N) is 2. The number of benzene rings is 1. The van der Waals surface area contributed by atoms with Crippen LogP contribution < -0.4 is 5.32 Å². The van der Waals surface area contributed by atoms with E-state index < -0.39 is 0 Å². The Kier molecular flexibility index (Phi) is 4.15. The van der Waals surface area contributed by atoms with E-state index in [0.29, 0.717) is 18.1 Å². The lowest BCUT2D eigenvalue weighted by Crippen LogP contribution is -2.26. The van der Waals surface area contributed by atoms with Crippen molar-refractivity contribution in [3.8, 4) is 0 Å². The highest BCUT2D eigenvalue weighted by Crippen LogP contribution is 2.18. The van der Waals surface area contributed by atoms with Gasteiger partial charge < -0.3 is 10.3 Å². The molecule has 0 aliphatic heterocycles. The summed E-state index contributed by atoms with van der Waals surface area (Å²) in [5.74, 6) is -0.239. The third-order valence-electron chi connectivity index (χ3n) is 3.61. The van der Waals surface area contributed by atoms with Gasteiger partial charge in [0.1, 0.15) is 0 Å². The predicted molar refractivity (Wildman–Crippen MR) is 87.2 cm³/mol. The van der Waals surface area contributed by atoms with E-state index in [9.17, 15) is 4.79 Å². The van der Waals surface area contributed by atoms with Gasteiger partial charge in [-0.2, -0.15) is 5.10 Å². The molecule has 114 valence electrons. The standard InChI is InChI=1S/C16H17ClN4O/c1-2-21-10-13(17)15(20-21)16(22)18-8-7-11-9-19-14-6-4-3-5-12(11)14/h3-6,9-10,19H,2,7-8H2,1H3,(H,18,22). The minimum absolute atomic E-state index is 0.239. The average molecular weight is 317 g/mol. The number of hydrogen-bond donors (Lipinski definition) is 2. The van der Waals surface area contributed by atoms with Crippen LogP contribution in [0.25, 0.3) is 10.9 Å². The van der Waals surface area contributed by atoms with Crippen molar-refractivity contribution in [1.82, 2.24) is 20.1 Å². The van der Waals surface area contributed by atoms with Crippen LogP contribution in [0.15, 0.2) is 36.7 Å². The van der Waals surface area contributed by atoms with Gasteiger partial charge in [-0.25, -0.2) is 0 Å². The van der Waals surface area contributed by atoms with Crippen LogP contribution in [-0.2, 0) is 13.0 Å². The molecule has 5 nitrogen and oxygen atoms in total. The Bertz CT molecular complexity index is 805. The SMILES string of the molecule is CCn1cc(Cl)c(C(=O)NCCc2c[nH]c3ccccc23)n1. The second-order valence-electron chi connectivity index (χ2n) is 5.05. The monoisotopic (exact) mass is 316 g/mol. The van der Waals surface area contributed by atoms with Crippen LogP contribution in [0.1, 0.15) is 23.0 Å². The summed E-state index contributed by atoms with van der Waals surface area (Å²) >= 11 is 6.03. The Balaban J connectivity index is 1.63. The van der Waals surface area contributed by atoms with Crippen LogP contribution in [-0.4, -0.2) is 27.2 Å². The molecular formula is C16H17ClN4O. The number of aromatic amines is 1. The van der Waals surface area contributed by atoms with Crippen LogP contribution in [0.4, 0.5) is 0 Å². The molecule has 2 heterocycles. The van der Waals surface area contributed by atoms with Crippen molar-refractivity contribution in [2.24, 2.45) is 0 Å². The number of hydrogen-bond acceptors (Lipinski definition) is 2. The highest BCUT2D eigenvalue weighted by atomic mass is 35.5. The summed E-state index contributed by atoms with van der Waals surface area (Å²) in [5, 5.41) is 8.59. The number of nitrogens with one attached hydrogen (secondary N) is 2. The van der Waals surface area contributed by atoms with Gasteiger partial charge >= 0.3 is 0 Å². The van der Waals surface area contributed by atoms with Gasteiger partial charge in [0.15, 0.2) is 5.69 Å². The van der Waals surface area contributed by atoms with Crippen molar-refractivity contribution in [2.75, 3.05) is 6.54 Å². The molecule has 0 aliphatic rings. The Morgan fingerprint density at radius 3 is 3.00 bits per heavy atom. The van der Waals surface area contributed by atoms with Crippen LogP contribution >= 0.6 is 11.6 Å². The normalized spacial score (nSPS) is 11.0. The first-order valence-electron chi connectivity index (χ1n) is 7.25. The molecule has 0 saturated heterocycles. The van der Waals surface area contributed by atoms with E-state index in [0.717, 1.165) is 11.9 Å². The fourth-order valence-corrected chi connectivity index (χ4v) is 2.68. The zero-order valence-electron chi connectivity index (χ0n) is 12.3. The van der Waals surface area contributed by atoms with E-state index in [1.54, 1.807) is 10.9 Å². The molecule has 22 heavy (non-hydrogen) atoms. The first kappa shape index (κ1) is 14.7. The molecule has 2 aromatic heterocycles. The van der Waals surface area contributed by atoms with Gasteiger partial charge in [-0.15, -0.1) is 0 Å². The smallest absolute Gasteiger partial charge is 0.273 e. The molecular weight excluding hydrogens is 300 g/mol. The van der Waals surface area contributed by atoms with E-state index in [-0.39, 0.29) is 11.6 Å². The summed E-state index contributed by atoms with van der Waals surface area (Å²) in [6.07, 6.45) is 4.40. The Morgan fingerprint density at radius 1 is 1.41 bits per heavy atom. The Morgan fingerprint density at radius 2 is 2.23 bits per heavy atom. The zero-order chi connectivity index (χ0) is 15.5. The van der Waals surface area contributed by atoms with Crippen molar-refractivity contribution in [2.45, 2.75) is 19.9 Å². The first-order valence-corrected chi connectivity index (χ1v) is 7.63. The molecule has 0 saturated carbocycles. The molecule has 1 amide bonds. The molecule has 1 aromatic carbocycles. The Labute approximate surface area is 133 Å². The quantitative estimate of drug-likeness (QED) is 0.760. The van der Waals surface area contributed by atoms with Crippen molar-refractivity contribution >= 4 is 28.4 Å². The average Bonchev–Trinajstić information content (AvgIpc) is 3.11. The number of carbonyl (C=O) groups is 1. The fraction of sp³-hybridized carbons (Fsp3) is 0.250. The van der Waals surface area contributed by atoms with Gasteiger partial charge in [0.25, 0.3) is 5.91 Å².